The Morgan fingerprint density at radius 2 is 1.84 bits per heavy atom. The third-order valence-electron chi connectivity index (χ3n) is 4.59. The minimum absolute atomic E-state index is 0.163. The molecule has 0 saturated heterocycles. The minimum atomic E-state index is -1.03. The van der Waals surface area contributed by atoms with E-state index in [-0.39, 0.29) is 5.91 Å². The van der Waals surface area contributed by atoms with E-state index in [0.29, 0.717) is 6.54 Å². The first-order valence-corrected chi connectivity index (χ1v) is 8.53. The molecule has 1 aromatic heterocycles. The van der Waals surface area contributed by atoms with Gasteiger partial charge in [0.25, 0.3) is 0 Å². The average Bonchev–Trinajstić information content (AvgIpc) is 2.95. The van der Waals surface area contributed by atoms with Crippen LogP contribution in [0.2, 0.25) is 0 Å². The van der Waals surface area contributed by atoms with Crippen molar-refractivity contribution >= 4 is 16.9 Å². The molecule has 1 atom stereocenters. The Bertz CT molecular complexity index is 868. The fourth-order valence-corrected chi connectivity index (χ4v) is 2.97. The maximum Gasteiger partial charge on any atom is 0.244 e. The van der Waals surface area contributed by atoms with Gasteiger partial charge in [0.05, 0.1) is 11.0 Å². The number of nitrogens with zero attached hydrogens (tertiary/aromatic N) is 2. The fraction of sp³-hybridized carbons (Fsp3) is 0.300. The molecule has 3 aromatic rings. The molecule has 5 nitrogen and oxygen atoms in total. The number of nitrogens with two attached hydrogens (primary N) is 1. The zero-order valence-corrected chi connectivity index (χ0v) is 14.7. The second-order valence-electron chi connectivity index (χ2n) is 6.50. The topological polar surface area (TPSA) is 72.9 Å². The molecule has 1 amide bonds. The number of benzene rings is 2. The number of aryl methyl sites for hydroxylation is 2. The molecular formula is C20H24N4O. The highest BCUT2D eigenvalue weighted by atomic mass is 16.2. The number of aromatic nitrogens is 2. The van der Waals surface area contributed by atoms with Gasteiger partial charge in [0.2, 0.25) is 5.91 Å². The smallest absolute Gasteiger partial charge is 0.244 e. The maximum atomic E-state index is 12.4. The molecule has 0 radical (unpaired) electrons. The van der Waals surface area contributed by atoms with E-state index in [9.17, 15) is 4.79 Å². The first-order valence-electron chi connectivity index (χ1n) is 8.53. The lowest BCUT2D eigenvalue weighted by atomic mass is 9.92. The molecule has 5 heteroatoms. The number of fused-ring (bicyclic) bond motifs is 1. The van der Waals surface area contributed by atoms with E-state index in [0.717, 1.165) is 35.3 Å². The van der Waals surface area contributed by atoms with Gasteiger partial charge in [0.1, 0.15) is 11.4 Å². The second kappa shape index (κ2) is 7.07. The zero-order chi connectivity index (χ0) is 17.9. The summed E-state index contributed by atoms with van der Waals surface area (Å²) in [5.74, 6) is 0.859. The van der Waals surface area contributed by atoms with Crippen molar-refractivity contribution in [3.8, 4) is 0 Å². The number of rotatable bonds is 6. The Labute approximate surface area is 147 Å². The van der Waals surface area contributed by atoms with Crippen LogP contribution in [0.5, 0.6) is 0 Å². The molecule has 0 saturated carbocycles. The van der Waals surface area contributed by atoms with Crippen LogP contribution >= 0.6 is 0 Å². The average molecular weight is 336 g/mol. The monoisotopic (exact) mass is 336 g/mol. The fourth-order valence-electron chi connectivity index (χ4n) is 2.97. The number of amides is 1. The minimum Gasteiger partial charge on any atom is -0.354 e. The third kappa shape index (κ3) is 3.56. The van der Waals surface area contributed by atoms with Gasteiger partial charge in [-0.15, -0.1) is 0 Å². The van der Waals surface area contributed by atoms with Crippen molar-refractivity contribution in [2.24, 2.45) is 12.8 Å². The molecule has 0 aliphatic rings. The molecule has 3 N–H and O–H groups in total. The van der Waals surface area contributed by atoms with Crippen LogP contribution < -0.4 is 11.1 Å². The van der Waals surface area contributed by atoms with E-state index in [4.69, 9.17) is 5.73 Å². The first-order chi connectivity index (χ1) is 12.0. The van der Waals surface area contributed by atoms with Gasteiger partial charge >= 0.3 is 0 Å². The van der Waals surface area contributed by atoms with Crippen molar-refractivity contribution in [3.63, 3.8) is 0 Å². The van der Waals surface area contributed by atoms with Crippen LogP contribution in [0.15, 0.2) is 54.6 Å². The molecule has 130 valence electrons. The number of imidazole rings is 1. The summed E-state index contributed by atoms with van der Waals surface area (Å²) >= 11 is 0. The van der Waals surface area contributed by atoms with Crippen LogP contribution in [0.25, 0.3) is 11.0 Å². The van der Waals surface area contributed by atoms with E-state index in [1.807, 2.05) is 55.6 Å². The van der Waals surface area contributed by atoms with E-state index >= 15 is 0 Å². The Balaban J connectivity index is 1.56. The summed E-state index contributed by atoms with van der Waals surface area (Å²) in [7, 11) is 2.02. The SMILES string of the molecule is Cn1c(CCCNC(=O)C(C)(N)c2ccccc2)nc2ccccc21. The molecule has 2 aromatic carbocycles. The van der Waals surface area contributed by atoms with Crippen LogP contribution in [0.1, 0.15) is 24.7 Å². The molecule has 0 aliphatic heterocycles. The van der Waals surface area contributed by atoms with Crippen LogP contribution in [-0.4, -0.2) is 22.0 Å². The molecule has 0 spiro atoms. The summed E-state index contributed by atoms with van der Waals surface area (Å²) in [4.78, 5) is 17.1. The van der Waals surface area contributed by atoms with Gasteiger partial charge in [0, 0.05) is 20.0 Å². The predicted molar refractivity (Wildman–Crippen MR) is 100 cm³/mol. The first kappa shape index (κ1) is 17.2. The largest absolute Gasteiger partial charge is 0.354 e. The Morgan fingerprint density at radius 1 is 1.16 bits per heavy atom. The number of hydrogen-bond acceptors (Lipinski definition) is 3. The highest BCUT2D eigenvalue weighted by molar-refractivity contribution is 5.86. The summed E-state index contributed by atoms with van der Waals surface area (Å²) in [6.45, 7) is 2.31. The quantitative estimate of drug-likeness (QED) is 0.679. The predicted octanol–water partition coefficient (Wildman–Crippen LogP) is 2.50. The van der Waals surface area contributed by atoms with Gasteiger partial charge in [-0.25, -0.2) is 4.98 Å². The Kier molecular flexibility index (Phi) is 4.86. The number of carbonyl (C=O) groups excluding carboxylic acids is 1. The highest BCUT2D eigenvalue weighted by Crippen LogP contribution is 2.18. The Morgan fingerprint density at radius 3 is 2.56 bits per heavy atom. The van der Waals surface area contributed by atoms with Crippen molar-refractivity contribution < 1.29 is 4.79 Å². The number of nitrogens with one attached hydrogen (secondary N) is 1. The van der Waals surface area contributed by atoms with Gasteiger partial charge < -0.3 is 15.6 Å². The van der Waals surface area contributed by atoms with E-state index in [1.165, 1.54) is 0 Å². The van der Waals surface area contributed by atoms with Crippen molar-refractivity contribution in [2.45, 2.75) is 25.3 Å². The van der Waals surface area contributed by atoms with Gasteiger partial charge in [-0.3, -0.25) is 4.79 Å². The molecule has 0 bridgehead atoms. The normalized spacial score (nSPS) is 13.6. The van der Waals surface area contributed by atoms with Crippen LogP contribution in [0.3, 0.4) is 0 Å². The molecule has 25 heavy (non-hydrogen) atoms. The van der Waals surface area contributed by atoms with Gasteiger partial charge in [-0.05, 0) is 31.0 Å². The molecule has 0 fully saturated rings. The van der Waals surface area contributed by atoms with E-state index < -0.39 is 5.54 Å². The molecule has 3 rings (SSSR count). The molecular weight excluding hydrogens is 312 g/mol. The van der Waals surface area contributed by atoms with Crippen LogP contribution in [-0.2, 0) is 23.8 Å². The van der Waals surface area contributed by atoms with Crippen molar-refractivity contribution in [1.82, 2.24) is 14.9 Å². The maximum absolute atomic E-state index is 12.4. The van der Waals surface area contributed by atoms with Gasteiger partial charge in [-0.2, -0.15) is 0 Å². The van der Waals surface area contributed by atoms with Gasteiger partial charge in [0.15, 0.2) is 0 Å². The summed E-state index contributed by atoms with van der Waals surface area (Å²) in [6, 6.07) is 17.5. The number of para-hydroxylation sites is 2. The highest BCUT2D eigenvalue weighted by Gasteiger charge is 2.29. The van der Waals surface area contributed by atoms with E-state index in [1.54, 1.807) is 6.92 Å². The number of carbonyl (C=O) groups is 1. The number of hydrogen-bond donors (Lipinski definition) is 2. The van der Waals surface area contributed by atoms with Crippen molar-refractivity contribution in [1.29, 1.82) is 0 Å². The second-order valence-corrected chi connectivity index (χ2v) is 6.50. The zero-order valence-electron chi connectivity index (χ0n) is 14.7. The van der Waals surface area contributed by atoms with Crippen LogP contribution in [0.4, 0.5) is 0 Å². The van der Waals surface area contributed by atoms with Crippen molar-refractivity contribution in [2.75, 3.05) is 6.54 Å². The molecule has 1 heterocycles. The summed E-state index contributed by atoms with van der Waals surface area (Å²) in [5, 5.41) is 2.94. The summed E-state index contributed by atoms with van der Waals surface area (Å²) < 4.78 is 2.11. The lowest BCUT2D eigenvalue weighted by Crippen LogP contribution is -2.49. The van der Waals surface area contributed by atoms with E-state index in [2.05, 4.69) is 20.9 Å². The standard InChI is InChI=1S/C20H24N4O/c1-20(21,15-9-4-3-5-10-15)19(25)22-14-8-13-18-23-16-11-6-7-12-17(16)24(18)2/h3-7,9-12H,8,13-14,21H2,1-2H3,(H,22,25). The summed E-state index contributed by atoms with van der Waals surface area (Å²) in [5.41, 5.74) is 8.13. The molecule has 1 unspecified atom stereocenters. The lowest BCUT2D eigenvalue weighted by molar-refractivity contribution is -0.126. The van der Waals surface area contributed by atoms with Crippen molar-refractivity contribution in [3.05, 3.63) is 66.0 Å². The summed E-state index contributed by atoms with van der Waals surface area (Å²) in [6.07, 6.45) is 1.62. The lowest BCUT2D eigenvalue weighted by Gasteiger charge is -2.24. The Hall–Kier alpha value is -2.66. The van der Waals surface area contributed by atoms with Crippen LogP contribution in [0, 0.1) is 0 Å². The third-order valence-corrected chi connectivity index (χ3v) is 4.59. The molecule has 0 aliphatic carbocycles. The van der Waals surface area contributed by atoms with Gasteiger partial charge in [-0.1, -0.05) is 42.5 Å².